The van der Waals surface area contributed by atoms with E-state index in [2.05, 4.69) is 4.90 Å². The van der Waals surface area contributed by atoms with Gasteiger partial charge in [-0.25, -0.2) is 4.68 Å². The zero-order chi connectivity index (χ0) is 17.4. The van der Waals surface area contributed by atoms with Gasteiger partial charge in [0, 0.05) is 30.2 Å². The number of hydrogen-bond donors (Lipinski definition) is 0. The van der Waals surface area contributed by atoms with Crippen molar-refractivity contribution in [2.75, 3.05) is 6.54 Å². The monoisotopic (exact) mass is 376 g/mol. The fourth-order valence-corrected chi connectivity index (χ4v) is 4.82. The van der Waals surface area contributed by atoms with Crippen molar-refractivity contribution in [1.29, 1.82) is 0 Å². The van der Waals surface area contributed by atoms with Crippen LogP contribution in [0.1, 0.15) is 38.5 Å². The lowest BCUT2D eigenvalue weighted by Crippen LogP contribution is -2.47. The van der Waals surface area contributed by atoms with E-state index in [1.54, 1.807) is 0 Å². The minimum absolute atomic E-state index is 0.713. The molecule has 4 rings (SSSR count). The molecule has 0 unspecified atom stereocenters. The molecule has 4 nitrogen and oxygen atoms in total. The van der Waals surface area contributed by atoms with Gasteiger partial charge < -0.3 is 4.57 Å². The van der Waals surface area contributed by atoms with Gasteiger partial charge in [-0.2, -0.15) is 5.10 Å². The van der Waals surface area contributed by atoms with Crippen molar-refractivity contribution in [2.45, 2.75) is 51.2 Å². The van der Waals surface area contributed by atoms with Crippen LogP contribution in [0.2, 0.25) is 5.02 Å². The van der Waals surface area contributed by atoms with Gasteiger partial charge in [-0.1, -0.05) is 24.4 Å². The van der Waals surface area contributed by atoms with E-state index in [-0.39, 0.29) is 0 Å². The minimum atomic E-state index is 0.713. The topological polar surface area (TPSA) is 26.0 Å². The van der Waals surface area contributed by atoms with E-state index in [0.29, 0.717) is 6.04 Å². The second kappa shape index (κ2) is 7.22. The number of benzene rings is 1. The second-order valence-electron chi connectivity index (χ2n) is 7.38. The average molecular weight is 377 g/mol. The van der Waals surface area contributed by atoms with Crippen LogP contribution in [0.4, 0.5) is 0 Å². The van der Waals surface area contributed by atoms with Gasteiger partial charge in [0.25, 0.3) is 0 Å². The fraction of sp³-hybridized carbons (Fsp3) is 0.579. The lowest BCUT2D eigenvalue weighted by molar-refractivity contribution is 0.0323. The summed E-state index contributed by atoms with van der Waals surface area (Å²) in [6.07, 6.45) is 8.18. The van der Waals surface area contributed by atoms with Gasteiger partial charge in [0.1, 0.15) is 0 Å². The molecule has 2 aromatic rings. The van der Waals surface area contributed by atoms with Crippen LogP contribution in [-0.4, -0.2) is 31.8 Å². The maximum absolute atomic E-state index is 6.01. The number of nitrogens with zero attached hydrogens (tertiary/aromatic N) is 4. The Hall–Kier alpha value is -1.17. The molecule has 0 spiro atoms. The summed E-state index contributed by atoms with van der Waals surface area (Å²) in [7, 11) is 2.00. The van der Waals surface area contributed by atoms with E-state index < -0.39 is 0 Å². The third kappa shape index (κ3) is 3.42. The molecule has 6 heteroatoms. The van der Waals surface area contributed by atoms with Crippen LogP contribution in [0, 0.1) is 10.7 Å². The fourth-order valence-electron chi connectivity index (χ4n) is 4.51. The van der Waals surface area contributed by atoms with Crippen LogP contribution in [0.25, 0.3) is 11.4 Å². The lowest BCUT2D eigenvalue weighted by Gasteiger charge is -2.43. The first-order chi connectivity index (χ1) is 12.1. The van der Waals surface area contributed by atoms with Crippen molar-refractivity contribution < 1.29 is 0 Å². The molecule has 1 aliphatic heterocycles. The van der Waals surface area contributed by atoms with Gasteiger partial charge >= 0.3 is 0 Å². The van der Waals surface area contributed by atoms with Crippen molar-refractivity contribution >= 4 is 23.8 Å². The third-order valence-electron chi connectivity index (χ3n) is 5.82. The highest BCUT2D eigenvalue weighted by atomic mass is 35.5. The predicted molar refractivity (Wildman–Crippen MR) is 104 cm³/mol. The van der Waals surface area contributed by atoms with Crippen LogP contribution < -0.4 is 0 Å². The molecule has 2 atom stereocenters. The standard InChI is InChI=1S/C19H25ClN4S/c1-22-18(15-8-10-16(20)11-9-15)21-24(19(22)25)13-23-12-4-6-14-5-2-3-7-17(14)23/h8-11,14,17H,2-7,12-13H2,1H3/t14-,17-/m1/s1. The van der Waals surface area contributed by atoms with Gasteiger partial charge in [-0.05, 0) is 68.1 Å². The maximum Gasteiger partial charge on any atom is 0.199 e. The highest BCUT2D eigenvalue weighted by Gasteiger charge is 2.33. The number of hydrogen-bond acceptors (Lipinski definition) is 3. The first kappa shape index (κ1) is 17.3. The van der Waals surface area contributed by atoms with E-state index in [1.165, 1.54) is 38.5 Å². The molecule has 1 aromatic carbocycles. The Labute approximate surface area is 159 Å². The molecule has 1 saturated carbocycles. The molecule has 0 amide bonds. The number of likely N-dealkylation sites (tertiary alicyclic amines) is 1. The molecule has 0 N–H and O–H groups in total. The number of piperidine rings is 1. The summed E-state index contributed by atoms with van der Waals surface area (Å²) in [5, 5.41) is 5.57. The molecular weight excluding hydrogens is 352 g/mol. The van der Waals surface area contributed by atoms with E-state index in [0.717, 1.165) is 40.3 Å². The quantitative estimate of drug-likeness (QED) is 0.714. The highest BCUT2D eigenvalue weighted by Crippen LogP contribution is 2.35. The molecule has 25 heavy (non-hydrogen) atoms. The molecule has 0 bridgehead atoms. The van der Waals surface area contributed by atoms with Gasteiger partial charge in [0.05, 0.1) is 6.67 Å². The van der Waals surface area contributed by atoms with Crippen LogP contribution in [-0.2, 0) is 13.7 Å². The summed E-state index contributed by atoms with van der Waals surface area (Å²) in [5.41, 5.74) is 1.05. The second-order valence-corrected chi connectivity index (χ2v) is 8.18. The molecule has 1 saturated heterocycles. The summed E-state index contributed by atoms with van der Waals surface area (Å²) in [4.78, 5) is 2.61. The van der Waals surface area contributed by atoms with Gasteiger partial charge in [0.15, 0.2) is 10.6 Å². The molecule has 1 aliphatic carbocycles. The first-order valence-corrected chi connectivity index (χ1v) is 10.1. The summed E-state index contributed by atoms with van der Waals surface area (Å²) >= 11 is 11.7. The first-order valence-electron chi connectivity index (χ1n) is 9.27. The summed E-state index contributed by atoms with van der Waals surface area (Å²) in [6, 6.07) is 8.52. The molecular formula is C19H25ClN4S. The van der Waals surface area contributed by atoms with Crippen LogP contribution in [0.5, 0.6) is 0 Å². The normalized spacial score (nSPS) is 24.2. The Bertz CT molecular complexity index is 793. The van der Waals surface area contributed by atoms with Crippen molar-refractivity contribution in [3.8, 4) is 11.4 Å². The SMILES string of the molecule is Cn1c(-c2ccc(Cl)cc2)nn(CN2CCC[C@H]3CCCC[C@H]32)c1=S. The minimum Gasteiger partial charge on any atom is -0.303 e. The molecule has 1 aromatic heterocycles. The van der Waals surface area contributed by atoms with E-state index in [1.807, 2.05) is 40.6 Å². The third-order valence-corrected chi connectivity index (χ3v) is 6.55. The van der Waals surface area contributed by atoms with Gasteiger partial charge in [-0.15, -0.1) is 0 Å². The van der Waals surface area contributed by atoms with Crippen molar-refractivity contribution in [3.05, 3.63) is 34.1 Å². The number of halogens is 1. The summed E-state index contributed by atoms with van der Waals surface area (Å²) in [5.74, 6) is 1.77. The Morgan fingerprint density at radius 3 is 2.64 bits per heavy atom. The zero-order valence-electron chi connectivity index (χ0n) is 14.7. The molecule has 0 radical (unpaired) electrons. The lowest BCUT2D eigenvalue weighted by atomic mass is 9.78. The average Bonchev–Trinajstić information content (AvgIpc) is 2.91. The number of fused-ring (bicyclic) bond motifs is 1. The van der Waals surface area contributed by atoms with Gasteiger partial charge in [0.2, 0.25) is 0 Å². The Morgan fingerprint density at radius 1 is 1.12 bits per heavy atom. The Kier molecular flexibility index (Phi) is 4.98. The smallest absolute Gasteiger partial charge is 0.199 e. The molecule has 2 fully saturated rings. The van der Waals surface area contributed by atoms with Crippen LogP contribution in [0.15, 0.2) is 24.3 Å². The van der Waals surface area contributed by atoms with Crippen molar-refractivity contribution in [1.82, 2.24) is 19.2 Å². The molecule has 134 valence electrons. The van der Waals surface area contributed by atoms with Crippen molar-refractivity contribution in [3.63, 3.8) is 0 Å². The van der Waals surface area contributed by atoms with E-state index in [9.17, 15) is 0 Å². The number of rotatable bonds is 3. The highest BCUT2D eigenvalue weighted by molar-refractivity contribution is 7.71. The predicted octanol–water partition coefficient (Wildman–Crippen LogP) is 4.88. The van der Waals surface area contributed by atoms with Crippen molar-refractivity contribution in [2.24, 2.45) is 13.0 Å². The number of aromatic nitrogens is 3. The summed E-state index contributed by atoms with van der Waals surface area (Å²) < 4.78 is 4.78. The summed E-state index contributed by atoms with van der Waals surface area (Å²) in [6.45, 7) is 1.97. The Balaban J connectivity index is 1.59. The van der Waals surface area contributed by atoms with Gasteiger partial charge in [-0.3, -0.25) is 4.90 Å². The van der Waals surface area contributed by atoms with E-state index in [4.69, 9.17) is 28.9 Å². The largest absolute Gasteiger partial charge is 0.303 e. The Morgan fingerprint density at radius 2 is 1.84 bits per heavy atom. The molecule has 2 heterocycles. The molecule has 2 aliphatic rings. The zero-order valence-corrected chi connectivity index (χ0v) is 16.3. The maximum atomic E-state index is 6.01. The van der Waals surface area contributed by atoms with Crippen LogP contribution >= 0.6 is 23.8 Å². The van der Waals surface area contributed by atoms with E-state index >= 15 is 0 Å². The van der Waals surface area contributed by atoms with Crippen LogP contribution in [0.3, 0.4) is 0 Å².